The Balaban J connectivity index is 2.09. The number of carbonyl (C=O) groups excluding carboxylic acids is 1. The summed E-state index contributed by atoms with van der Waals surface area (Å²) in [7, 11) is 0. The molecule has 1 aromatic rings. The lowest BCUT2D eigenvalue weighted by Crippen LogP contribution is -2.44. The Kier molecular flexibility index (Phi) is 3.86. The zero-order valence-corrected chi connectivity index (χ0v) is 10.3. The molecule has 1 fully saturated rings. The summed E-state index contributed by atoms with van der Waals surface area (Å²) in [5, 5.41) is 8.36. The molecule has 6 heteroatoms. The topological polar surface area (TPSA) is 57.6 Å². The number of nitrogens with zero attached hydrogens (tertiary/aromatic N) is 1. The molecule has 1 atom stereocenters. The van der Waals surface area contributed by atoms with E-state index >= 15 is 0 Å². The van der Waals surface area contributed by atoms with Crippen molar-refractivity contribution in [2.24, 2.45) is 0 Å². The van der Waals surface area contributed by atoms with E-state index < -0.39 is 17.0 Å². The highest BCUT2D eigenvalue weighted by atomic mass is 32.2. The maximum Gasteiger partial charge on any atom is 0.318 e. The minimum atomic E-state index is -0.906. The molecule has 1 saturated heterocycles. The van der Waals surface area contributed by atoms with Crippen molar-refractivity contribution in [2.45, 2.75) is 5.25 Å². The number of hydrogen-bond donors (Lipinski definition) is 1. The molecule has 0 unspecified atom stereocenters. The molecule has 4 nitrogen and oxygen atoms in total. The van der Waals surface area contributed by atoms with E-state index in [1.807, 2.05) is 0 Å². The molecular formula is C12H12FNO3S. The Morgan fingerprint density at radius 3 is 2.61 bits per heavy atom. The monoisotopic (exact) mass is 269 g/mol. The number of carbonyl (C=O) groups is 2. The Morgan fingerprint density at radius 2 is 2.00 bits per heavy atom. The van der Waals surface area contributed by atoms with Crippen LogP contribution in [0.2, 0.25) is 0 Å². The van der Waals surface area contributed by atoms with Gasteiger partial charge >= 0.3 is 5.97 Å². The van der Waals surface area contributed by atoms with Gasteiger partial charge in [-0.25, -0.2) is 4.39 Å². The van der Waals surface area contributed by atoms with Gasteiger partial charge in [0, 0.05) is 24.4 Å². The van der Waals surface area contributed by atoms with Crippen molar-refractivity contribution < 1.29 is 19.1 Å². The van der Waals surface area contributed by atoms with Crippen LogP contribution in [0.15, 0.2) is 24.3 Å². The third kappa shape index (κ3) is 2.81. The maximum atomic E-state index is 12.8. The molecule has 0 aromatic heterocycles. The van der Waals surface area contributed by atoms with Crippen LogP contribution in [0.25, 0.3) is 0 Å². The molecule has 0 aliphatic carbocycles. The molecule has 0 saturated carbocycles. The van der Waals surface area contributed by atoms with Crippen LogP contribution in [0.5, 0.6) is 0 Å². The summed E-state index contributed by atoms with van der Waals surface area (Å²) >= 11 is 1.34. The van der Waals surface area contributed by atoms with Crippen LogP contribution in [0.3, 0.4) is 0 Å². The van der Waals surface area contributed by atoms with Gasteiger partial charge in [0.25, 0.3) is 5.91 Å². The molecule has 2 rings (SSSR count). The van der Waals surface area contributed by atoms with Crippen LogP contribution in [0.4, 0.5) is 4.39 Å². The SMILES string of the molecule is O=C(O)[C@H]1CN(C(=O)c2ccc(F)cc2)CCS1. The molecule has 1 aromatic carbocycles. The van der Waals surface area contributed by atoms with Gasteiger partial charge < -0.3 is 10.0 Å². The van der Waals surface area contributed by atoms with E-state index in [-0.39, 0.29) is 12.5 Å². The van der Waals surface area contributed by atoms with Gasteiger partial charge in [-0.05, 0) is 24.3 Å². The number of carboxylic acid groups (broad SMARTS) is 1. The van der Waals surface area contributed by atoms with Gasteiger partial charge in [-0.2, -0.15) is 0 Å². The van der Waals surface area contributed by atoms with Crippen LogP contribution < -0.4 is 0 Å². The van der Waals surface area contributed by atoms with Gasteiger partial charge in [0.2, 0.25) is 0 Å². The third-order valence-electron chi connectivity index (χ3n) is 2.72. The van der Waals surface area contributed by atoms with Crippen LogP contribution in [0, 0.1) is 5.82 Å². The number of halogens is 1. The minimum absolute atomic E-state index is 0.191. The fourth-order valence-electron chi connectivity index (χ4n) is 1.76. The summed E-state index contributed by atoms with van der Waals surface area (Å²) in [5.41, 5.74) is 0.382. The number of benzene rings is 1. The summed E-state index contributed by atoms with van der Waals surface area (Å²) in [5.74, 6) is -0.952. The van der Waals surface area contributed by atoms with E-state index in [1.165, 1.54) is 40.9 Å². The predicted molar refractivity (Wildman–Crippen MR) is 66.2 cm³/mol. The fourth-order valence-corrected chi connectivity index (χ4v) is 2.80. The molecule has 0 radical (unpaired) electrons. The molecular weight excluding hydrogens is 257 g/mol. The highest BCUT2D eigenvalue weighted by molar-refractivity contribution is 8.00. The first-order valence-electron chi connectivity index (χ1n) is 5.47. The molecule has 0 spiro atoms. The number of amides is 1. The van der Waals surface area contributed by atoms with E-state index in [1.54, 1.807) is 0 Å². The lowest BCUT2D eigenvalue weighted by Gasteiger charge is -2.30. The second-order valence-corrected chi connectivity index (χ2v) is 5.27. The van der Waals surface area contributed by atoms with E-state index in [2.05, 4.69) is 0 Å². The van der Waals surface area contributed by atoms with Crippen LogP contribution in [0.1, 0.15) is 10.4 Å². The zero-order valence-electron chi connectivity index (χ0n) is 9.51. The average Bonchev–Trinajstić information content (AvgIpc) is 2.39. The van der Waals surface area contributed by atoms with Crippen molar-refractivity contribution in [1.29, 1.82) is 0 Å². The van der Waals surface area contributed by atoms with Crippen molar-refractivity contribution in [3.8, 4) is 0 Å². The average molecular weight is 269 g/mol. The largest absolute Gasteiger partial charge is 0.480 e. The Hall–Kier alpha value is -1.56. The minimum Gasteiger partial charge on any atom is -0.480 e. The van der Waals surface area contributed by atoms with Crippen molar-refractivity contribution in [1.82, 2.24) is 4.90 Å². The first-order chi connectivity index (χ1) is 8.58. The standard InChI is InChI=1S/C12H12FNO3S/c13-9-3-1-8(2-4-9)11(15)14-5-6-18-10(7-14)12(16)17/h1-4,10H,5-7H2,(H,16,17)/t10-/m1/s1. The van der Waals surface area contributed by atoms with E-state index in [4.69, 9.17) is 5.11 Å². The Morgan fingerprint density at radius 1 is 1.33 bits per heavy atom. The van der Waals surface area contributed by atoms with E-state index in [9.17, 15) is 14.0 Å². The highest BCUT2D eigenvalue weighted by Crippen LogP contribution is 2.20. The first kappa shape index (κ1) is 12.9. The molecule has 1 N–H and O–H groups in total. The van der Waals surface area contributed by atoms with Crippen molar-refractivity contribution in [3.63, 3.8) is 0 Å². The molecule has 96 valence electrons. The van der Waals surface area contributed by atoms with Crippen LogP contribution in [-0.4, -0.2) is 46.0 Å². The quantitative estimate of drug-likeness (QED) is 0.883. The molecule has 1 heterocycles. The summed E-state index contributed by atoms with van der Waals surface area (Å²) in [4.78, 5) is 24.5. The van der Waals surface area contributed by atoms with Crippen molar-refractivity contribution in [3.05, 3.63) is 35.6 Å². The lowest BCUT2D eigenvalue weighted by atomic mass is 10.2. The molecule has 0 bridgehead atoms. The summed E-state index contributed by atoms with van der Waals surface area (Å²) in [6, 6.07) is 5.27. The molecule has 1 amide bonds. The smallest absolute Gasteiger partial charge is 0.318 e. The van der Waals surface area contributed by atoms with Gasteiger partial charge in [-0.1, -0.05) is 0 Å². The first-order valence-corrected chi connectivity index (χ1v) is 6.52. The van der Waals surface area contributed by atoms with Crippen molar-refractivity contribution in [2.75, 3.05) is 18.8 Å². The zero-order chi connectivity index (χ0) is 13.1. The number of carboxylic acids is 1. The van der Waals surface area contributed by atoms with Crippen LogP contribution >= 0.6 is 11.8 Å². The summed E-state index contributed by atoms with van der Waals surface area (Å²) in [6.07, 6.45) is 0. The highest BCUT2D eigenvalue weighted by Gasteiger charge is 2.29. The van der Waals surface area contributed by atoms with Gasteiger partial charge in [0.1, 0.15) is 11.1 Å². The molecule has 1 aliphatic rings. The summed E-state index contributed by atoms with van der Waals surface area (Å²) in [6.45, 7) is 0.709. The van der Waals surface area contributed by atoms with Gasteiger partial charge in [0.15, 0.2) is 0 Å². The number of thioether (sulfide) groups is 1. The van der Waals surface area contributed by atoms with E-state index in [0.29, 0.717) is 17.9 Å². The van der Waals surface area contributed by atoms with Gasteiger partial charge in [-0.15, -0.1) is 11.8 Å². The fraction of sp³-hybridized carbons (Fsp3) is 0.333. The second-order valence-electron chi connectivity index (χ2n) is 3.96. The van der Waals surface area contributed by atoms with Crippen molar-refractivity contribution >= 4 is 23.6 Å². The number of hydrogen-bond acceptors (Lipinski definition) is 3. The van der Waals surface area contributed by atoms with E-state index in [0.717, 1.165) is 0 Å². The predicted octanol–water partition coefficient (Wildman–Crippen LogP) is 1.47. The Labute approximate surface area is 108 Å². The molecule has 1 aliphatic heterocycles. The number of rotatable bonds is 2. The number of aliphatic carboxylic acids is 1. The normalized spacial score (nSPS) is 19.6. The molecule has 18 heavy (non-hydrogen) atoms. The second kappa shape index (κ2) is 5.39. The Bertz CT molecular complexity index is 463. The lowest BCUT2D eigenvalue weighted by molar-refractivity contribution is -0.136. The summed E-state index contributed by atoms with van der Waals surface area (Å²) < 4.78 is 12.8. The van der Waals surface area contributed by atoms with Gasteiger partial charge in [-0.3, -0.25) is 9.59 Å². The van der Waals surface area contributed by atoms with Crippen LogP contribution in [-0.2, 0) is 4.79 Å². The maximum absolute atomic E-state index is 12.8. The van der Waals surface area contributed by atoms with Gasteiger partial charge in [0.05, 0.1) is 0 Å². The third-order valence-corrected chi connectivity index (χ3v) is 3.89.